The summed E-state index contributed by atoms with van der Waals surface area (Å²) in [5, 5.41) is 31.9. The molecule has 2 rings (SSSR count). The summed E-state index contributed by atoms with van der Waals surface area (Å²) >= 11 is 5.83. The first kappa shape index (κ1) is 24.3. The van der Waals surface area contributed by atoms with Crippen molar-refractivity contribution < 1.29 is 19.5 Å². The molecule has 1 heterocycles. The second-order valence-corrected chi connectivity index (χ2v) is 6.33. The number of unbranched alkanes of at least 4 members (excludes halogenated alkanes) is 1. The van der Waals surface area contributed by atoms with Crippen LogP contribution in [0.1, 0.15) is 36.7 Å². The van der Waals surface area contributed by atoms with Crippen molar-refractivity contribution in [2.24, 2.45) is 5.73 Å². The summed E-state index contributed by atoms with van der Waals surface area (Å²) in [5.74, 6) is 0.177. The maximum absolute atomic E-state index is 12.1. The van der Waals surface area contributed by atoms with Gasteiger partial charge in [0.25, 0.3) is 0 Å². The number of nitrogens with zero attached hydrogens (tertiary/aromatic N) is 4. The number of nitrogens with two attached hydrogens (primary N) is 1. The third-order valence-corrected chi connectivity index (χ3v) is 4.02. The number of hydrogen-bond acceptors (Lipinski definition) is 8. The lowest BCUT2D eigenvalue weighted by molar-refractivity contribution is -0.122. The van der Waals surface area contributed by atoms with E-state index in [1.165, 1.54) is 4.68 Å². The molecule has 0 fully saturated rings. The van der Waals surface area contributed by atoms with E-state index >= 15 is 0 Å². The summed E-state index contributed by atoms with van der Waals surface area (Å²) in [7, 11) is -1.77. The number of carbonyl (C=O) groups is 1. The maximum atomic E-state index is 12.1. The molecule has 0 bridgehead atoms. The Labute approximate surface area is 174 Å². The topological polar surface area (TPSA) is 148 Å². The van der Waals surface area contributed by atoms with Gasteiger partial charge < -0.3 is 25.8 Å². The fourth-order valence-corrected chi connectivity index (χ4v) is 2.49. The molecule has 0 aliphatic rings. The number of halogens is 2. The Morgan fingerprint density at radius 2 is 2.04 bits per heavy atom. The molecule has 1 aromatic carbocycles. The zero-order valence-electron chi connectivity index (χ0n) is 15.1. The Bertz CT molecular complexity index is 719. The van der Waals surface area contributed by atoms with E-state index in [4.69, 9.17) is 27.4 Å². The lowest BCUT2D eigenvalue weighted by Crippen LogP contribution is -2.29. The molecule has 1 amide bonds. The molecule has 0 aliphatic carbocycles. The number of tetrazole rings is 1. The zero-order chi connectivity index (χ0) is 19.6. The van der Waals surface area contributed by atoms with Gasteiger partial charge in [0, 0.05) is 18.2 Å². The van der Waals surface area contributed by atoms with Crippen LogP contribution in [0.3, 0.4) is 0 Å². The summed E-state index contributed by atoms with van der Waals surface area (Å²) < 4.78 is 6.00. The molecule has 0 saturated heterocycles. The number of nitrogens with one attached hydrogen (secondary N) is 1. The van der Waals surface area contributed by atoms with Crippen molar-refractivity contribution in [1.29, 1.82) is 0 Å². The predicted octanol–water partition coefficient (Wildman–Crippen LogP) is 0.221. The first-order valence-electron chi connectivity index (χ1n) is 8.46. The van der Waals surface area contributed by atoms with Gasteiger partial charge in [-0.2, -0.15) is 0 Å². The summed E-state index contributed by atoms with van der Waals surface area (Å²) in [5.41, 5.74) is 7.02. The number of aromatic nitrogens is 4. The third kappa shape index (κ3) is 8.51. The number of benzene rings is 1. The smallest absolute Gasteiger partial charge is 0.402 e. The van der Waals surface area contributed by atoms with Crippen molar-refractivity contribution in [3.05, 3.63) is 40.7 Å². The molecule has 0 spiro atoms. The van der Waals surface area contributed by atoms with Crippen LogP contribution >= 0.6 is 24.0 Å². The average molecular weight is 433 g/mol. The molecule has 1 aromatic heterocycles. The zero-order valence-corrected chi connectivity index (χ0v) is 16.6. The van der Waals surface area contributed by atoms with Crippen LogP contribution < -0.4 is 11.1 Å². The van der Waals surface area contributed by atoms with E-state index in [1.807, 2.05) is 12.1 Å². The van der Waals surface area contributed by atoms with Gasteiger partial charge in [-0.15, -0.1) is 17.5 Å². The third-order valence-electron chi connectivity index (χ3n) is 3.76. The van der Waals surface area contributed by atoms with Crippen molar-refractivity contribution in [1.82, 2.24) is 25.5 Å². The molecule has 13 heteroatoms. The van der Waals surface area contributed by atoms with E-state index in [1.54, 1.807) is 12.1 Å². The standard InChI is InChI=1S/C15H22BClN6O4.ClH/c17-12-6-4-11(5-7-12)9-19-14(24)10-23-15(20-21-22-23)13(18)3-1-2-8-27-16(25)26;/h4-7,13,25-26H,1-3,8-10,18H2,(H,19,24);1H/t13-;/m1./s1. The molecule has 2 aromatic rings. The number of hydrogen-bond donors (Lipinski definition) is 4. The van der Waals surface area contributed by atoms with Crippen molar-refractivity contribution in [3.8, 4) is 0 Å². The molecular weight excluding hydrogens is 410 g/mol. The van der Waals surface area contributed by atoms with Crippen LogP contribution in [0.4, 0.5) is 0 Å². The molecular formula is C15H23BCl2N6O4. The Kier molecular flexibility index (Phi) is 11.0. The summed E-state index contributed by atoms with van der Waals surface area (Å²) in [6.07, 6.45) is 1.86. The van der Waals surface area contributed by atoms with Gasteiger partial charge in [-0.05, 0) is 47.4 Å². The van der Waals surface area contributed by atoms with E-state index in [9.17, 15) is 4.79 Å². The van der Waals surface area contributed by atoms with Crippen LogP contribution in [0.5, 0.6) is 0 Å². The number of amides is 1. The van der Waals surface area contributed by atoms with E-state index in [-0.39, 0.29) is 31.5 Å². The second kappa shape index (κ2) is 12.7. The fourth-order valence-electron chi connectivity index (χ4n) is 2.37. The molecule has 10 nitrogen and oxygen atoms in total. The Morgan fingerprint density at radius 3 is 2.71 bits per heavy atom. The van der Waals surface area contributed by atoms with E-state index in [2.05, 4.69) is 25.5 Å². The highest BCUT2D eigenvalue weighted by Gasteiger charge is 2.17. The largest absolute Gasteiger partial charge is 0.633 e. The van der Waals surface area contributed by atoms with Crippen LogP contribution in [-0.4, -0.2) is 50.1 Å². The molecule has 0 saturated carbocycles. The molecule has 0 unspecified atom stereocenters. The highest BCUT2D eigenvalue weighted by molar-refractivity contribution is 6.32. The minimum absolute atomic E-state index is 0. The van der Waals surface area contributed by atoms with Crippen molar-refractivity contribution in [2.45, 2.75) is 38.4 Å². The van der Waals surface area contributed by atoms with Gasteiger partial charge in [-0.1, -0.05) is 23.7 Å². The van der Waals surface area contributed by atoms with Gasteiger partial charge in [0.05, 0.1) is 6.04 Å². The Hall–Kier alpha value is -1.76. The van der Waals surface area contributed by atoms with E-state index in [0.717, 1.165) is 5.56 Å². The van der Waals surface area contributed by atoms with Crippen molar-refractivity contribution in [2.75, 3.05) is 6.61 Å². The highest BCUT2D eigenvalue weighted by atomic mass is 35.5. The van der Waals surface area contributed by atoms with Crippen LogP contribution in [0.2, 0.25) is 5.02 Å². The highest BCUT2D eigenvalue weighted by Crippen LogP contribution is 2.14. The SMILES string of the molecule is Cl.N[C@H](CCCCOB(O)O)c1nnnn1CC(=O)NCc1ccc(Cl)cc1. The molecule has 1 atom stereocenters. The number of rotatable bonds is 11. The summed E-state index contributed by atoms with van der Waals surface area (Å²) in [4.78, 5) is 12.1. The summed E-state index contributed by atoms with van der Waals surface area (Å²) in [6, 6.07) is 6.74. The molecule has 0 aliphatic heterocycles. The van der Waals surface area contributed by atoms with Gasteiger partial charge in [0.1, 0.15) is 6.54 Å². The minimum Gasteiger partial charge on any atom is -0.402 e. The first-order valence-corrected chi connectivity index (χ1v) is 8.84. The van der Waals surface area contributed by atoms with Gasteiger partial charge in [0.2, 0.25) is 5.91 Å². The normalized spacial score (nSPS) is 11.6. The van der Waals surface area contributed by atoms with Crippen LogP contribution in [-0.2, 0) is 22.5 Å². The van der Waals surface area contributed by atoms with Crippen molar-refractivity contribution >= 4 is 37.2 Å². The molecule has 154 valence electrons. The van der Waals surface area contributed by atoms with Gasteiger partial charge in [-0.3, -0.25) is 4.79 Å². The van der Waals surface area contributed by atoms with Gasteiger partial charge in [-0.25, -0.2) is 4.68 Å². The molecule has 0 radical (unpaired) electrons. The van der Waals surface area contributed by atoms with Crippen LogP contribution in [0, 0.1) is 0 Å². The lowest BCUT2D eigenvalue weighted by atomic mass is 10.1. The Balaban J connectivity index is 0.00000392. The monoisotopic (exact) mass is 432 g/mol. The lowest BCUT2D eigenvalue weighted by Gasteiger charge is -2.12. The Morgan fingerprint density at radius 1 is 1.32 bits per heavy atom. The fraction of sp³-hybridized carbons (Fsp3) is 0.467. The van der Waals surface area contributed by atoms with E-state index in [0.29, 0.717) is 36.7 Å². The van der Waals surface area contributed by atoms with Crippen LogP contribution in [0.25, 0.3) is 0 Å². The minimum atomic E-state index is -1.77. The average Bonchev–Trinajstić information content (AvgIpc) is 3.08. The molecule has 28 heavy (non-hydrogen) atoms. The maximum Gasteiger partial charge on any atom is 0.633 e. The first-order chi connectivity index (χ1) is 13.0. The van der Waals surface area contributed by atoms with Gasteiger partial charge >= 0.3 is 7.32 Å². The second-order valence-electron chi connectivity index (χ2n) is 5.90. The van der Waals surface area contributed by atoms with Gasteiger partial charge in [0.15, 0.2) is 5.82 Å². The molecule has 5 N–H and O–H groups in total. The predicted molar refractivity (Wildman–Crippen MR) is 105 cm³/mol. The summed E-state index contributed by atoms with van der Waals surface area (Å²) in [6.45, 7) is 0.544. The van der Waals surface area contributed by atoms with E-state index < -0.39 is 13.4 Å². The quantitative estimate of drug-likeness (QED) is 0.291. The van der Waals surface area contributed by atoms with Crippen molar-refractivity contribution in [3.63, 3.8) is 0 Å². The van der Waals surface area contributed by atoms with Crippen LogP contribution in [0.15, 0.2) is 24.3 Å². The number of carbonyl (C=O) groups excluding carboxylic acids is 1.